The predicted molar refractivity (Wildman–Crippen MR) is 68.9 cm³/mol. The van der Waals surface area contributed by atoms with Gasteiger partial charge < -0.3 is 4.90 Å². The largest absolute Gasteiger partial charge is 0.341 e. The molecule has 104 valence electrons. The second-order valence-corrected chi connectivity index (χ2v) is 4.94. The number of para-hydroxylation sites is 1. The van der Waals surface area contributed by atoms with Crippen molar-refractivity contribution in [3.8, 4) is 0 Å². The number of carbonyl (C=O) groups is 3. The van der Waals surface area contributed by atoms with Gasteiger partial charge in [0.1, 0.15) is 12.4 Å². The van der Waals surface area contributed by atoms with Crippen LogP contribution in [0, 0.1) is 5.82 Å². The van der Waals surface area contributed by atoms with Crippen molar-refractivity contribution >= 4 is 23.3 Å². The van der Waals surface area contributed by atoms with Crippen molar-refractivity contribution in [2.24, 2.45) is 0 Å². The van der Waals surface area contributed by atoms with E-state index < -0.39 is 17.5 Å². The van der Waals surface area contributed by atoms with E-state index in [4.69, 9.17) is 0 Å². The molecule has 0 saturated carbocycles. The second-order valence-electron chi connectivity index (χ2n) is 4.94. The quantitative estimate of drug-likeness (QED) is 0.756. The number of amides is 2. The number of benzene rings is 1. The standard InChI is InChI=1S/C14H13FN2O3/c15-10-5-3-4-9-12(10)17(14(20)13(9)19)8-11(18)16-6-1-2-7-16/h3-5H,1-2,6-8H2. The molecule has 0 unspecified atom stereocenters. The lowest BCUT2D eigenvalue weighted by Crippen LogP contribution is -2.41. The summed E-state index contributed by atoms with van der Waals surface area (Å²) in [4.78, 5) is 38.3. The van der Waals surface area contributed by atoms with Crippen molar-refractivity contribution in [3.05, 3.63) is 29.6 Å². The number of nitrogens with zero attached hydrogens (tertiary/aromatic N) is 2. The van der Waals surface area contributed by atoms with Crippen LogP contribution in [0.1, 0.15) is 23.2 Å². The van der Waals surface area contributed by atoms with Crippen LogP contribution in [0.3, 0.4) is 0 Å². The average Bonchev–Trinajstić information content (AvgIpc) is 3.03. The first-order valence-corrected chi connectivity index (χ1v) is 6.52. The van der Waals surface area contributed by atoms with E-state index in [1.807, 2.05) is 0 Å². The van der Waals surface area contributed by atoms with E-state index in [1.165, 1.54) is 18.2 Å². The second kappa shape index (κ2) is 4.70. The fourth-order valence-electron chi connectivity index (χ4n) is 2.66. The van der Waals surface area contributed by atoms with E-state index in [9.17, 15) is 18.8 Å². The van der Waals surface area contributed by atoms with Gasteiger partial charge in [0, 0.05) is 13.1 Å². The van der Waals surface area contributed by atoms with Gasteiger partial charge in [0.2, 0.25) is 5.91 Å². The minimum Gasteiger partial charge on any atom is -0.341 e. The molecule has 0 N–H and O–H groups in total. The maximum Gasteiger partial charge on any atom is 0.300 e. The van der Waals surface area contributed by atoms with E-state index in [0.29, 0.717) is 13.1 Å². The van der Waals surface area contributed by atoms with Gasteiger partial charge in [-0.3, -0.25) is 19.3 Å². The number of hydrogen-bond acceptors (Lipinski definition) is 3. The van der Waals surface area contributed by atoms with E-state index in [0.717, 1.165) is 17.7 Å². The van der Waals surface area contributed by atoms with Crippen molar-refractivity contribution in [1.29, 1.82) is 0 Å². The molecule has 1 fully saturated rings. The Balaban J connectivity index is 1.89. The van der Waals surface area contributed by atoms with Crippen LogP contribution in [0.25, 0.3) is 0 Å². The van der Waals surface area contributed by atoms with Crippen molar-refractivity contribution in [1.82, 2.24) is 4.90 Å². The topological polar surface area (TPSA) is 57.7 Å². The molecule has 2 heterocycles. The molecule has 0 radical (unpaired) electrons. The molecule has 2 aliphatic heterocycles. The van der Waals surface area contributed by atoms with Gasteiger partial charge in [0.15, 0.2) is 0 Å². The Bertz CT molecular complexity index is 608. The van der Waals surface area contributed by atoms with Crippen LogP contribution in [0.4, 0.5) is 10.1 Å². The first-order valence-electron chi connectivity index (χ1n) is 6.52. The Morgan fingerprint density at radius 2 is 1.90 bits per heavy atom. The lowest BCUT2D eigenvalue weighted by Gasteiger charge is -2.21. The third-order valence-electron chi connectivity index (χ3n) is 3.69. The van der Waals surface area contributed by atoms with Gasteiger partial charge in [-0.1, -0.05) is 6.07 Å². The molecule has 1 aromatic rings. The fourth-order valence-corrected chi connectivity index (χ4v) is 2.66. The molecule has 0 bridgehead atoms. The Labute approximate surface area is 115 Å². The predicted octanol–water partition coefficient (Wildman–Crippen LogP) is 0.977. The zero-order chi connectivity index (χ0) is 14.3. The van der Waals surface area contributed by atoms with Crippen LogP contribution in [0.15, 0.2) is 18.2 Å². The molecule has 6 heteroatoms. The van der Waals surface area contributed by atoms with Crippen LogP contribution >= 0.6 is 0 Å². The Hall–Kier alpha value is -2.24. The average molecular weight is 276 g/mol. The lowest BCUT2D eigenvalue weighted by atomic mass is 10.1. The van der Waals surface area contributed by atoms with Crippen molar-refractivity contribution < 1.29 is 18.8 Å². The number of anilines is 1. The number of rotatable bonds is 2. The summed E-state index contributed by atoms with van der Waals surface area (Å²) in [5.41, 5.74) is -0.0423. The normalized spacial score (nSPS) is 17.9. The summed E-state index contributed by atoms with van der Waals surface area (Å²) in [6.07, 6.45) is 1.87. The number of fused-ring (bicyclic) bond motifs is 1. The van der Waals surface area contributed by atoms with E-state index in [1.54, 1.807) is 4.90 Å². The van der Waals surface area contributed by atoms with Crippen molar-refractivity contribution in [3.63, 3.8) is 0 Å². The Morgan fingerprint density at radius 3 is 2.60 bits per heavy atom. The van der Waals surface area contributed by atoms with Crippen LogP contribution in [-0.4, -0.2) is 42.1 Å². The van der Waals surface area contributed by atoms with E-state index >= 15 is 0 Å². The van der Waals surface area contributed by atoms with Gasteiger partial charge in [-0.15, -0.1) is 0 Å². The lowest BCUT2D eigenvalue weighted by molar-refractivity contribution is -0.129. The fraction of sp³-hybridized carbons (Fsp3) is 0.357. The van der Waals surface area contributed by atoms with E-state index in [2.05, 4.69) is 0 Å². The molecule has 0 spiro atoms. The summed E-state index contributed by atoms with van der Waals surface area (Å²) >= 11 is 0. The van der Waals surface area contributed by atoms with Gasteiger partial charge in [0.05, 0.1) is 11.3 Å². The third kappa shape index (κ3) is 1.88. The highest BCUT2D eigenvalue weighted by Crippen LogP contribution is 2.31. The number of likely N-dealkylation sites (tertiary alicyclic amines) is 1. The highest BCUT2D eigenvalue weighted by molar-refractivity contribution is 6.52. The molecule has 3 rings (SSSR count). The molecular formula is C14H13FN2O3. The van der Waals surface area contributed by atoms with Gasteiger partial charge in [-0.25, -0.2) is 4.39 Å². The van der Waals surface area contributed by atoms with Crippen LogP contribution in [-0.2, 0) is 9.59 Å². The summed E-state index contributed by atoms with van der Waals surface area (Å²) in [5.74, 6) is -2.50. The van der Waals surface area contributed by atoms with Gasteiger partial charge in [0.25, 0.3) is 11.7 Å². The van der Waals surface area contributed by atoms with Crippen molar-refractivity contribution in [2.45, 2.75) is 12.8 Å². The van der Waals surface area contributed by atoms with Crippen LogP contribution in [0.2, 0.25) is 0 Å². The molecule has 2 aliphatic rings. The Morgan fingerprint density at radius 1 is 1.20 bits per heavy atom. The van der Waals surface area contributed by atoms with E-state index in [-0.39, 0.29) is 23.7 Å². The molecule has 2 amide bonds. The molecule has 0 aliphatic carbocycles. The Kier molecular flexibility index (Phi) is 3.00. The van der Waals surface area contributed by atoms with Gasteiger partial charge in [-0.2, -0.15) is 0 Å². The summed E-state index contributed by atoms with van der Waals surface area (Å²) in [7, 11) is 0. The molecule has 0 aromatic heterocycles. The number of halogens is 1. The third-order valence-corrected chi connectivity index (χ3v) is 3.69. The minimum atomic E-state index is -0.836. The highest BCUT2D eigenvalue weighted by Gasteiger charge is 2.39. The maximum absolute atomic E-state index is 13.8. The molecular weight excluding hydrogens is 263 g/mol. The number of ketones is 1. The zero-order valence-electron chi connectivity index (χ0n) is 10.8. The smallest absolute Gasteiger partial charge is 0.300 e. The van der Waals surface area contributed by atoms with Gasteiger partial charge in [-0.05, 0) is 25.0 Å². The summed E-state index contributed by atoms with van der Waals surface area (Å²) in [6, 6.07) is 3.96. The number of Topliss-reactive ketones (excluding diaryl/α,β-unsaturated/α-hetero) is 1. The zero-order valence-corrected chi connectivity index (χ0v) is 10.8. The molecule has 20 heavy (non-hydrogen) atoms. The SMILES string of the molecule is O=C1C(=O)N(CC(=O)N2CCCC2)c2c(F)cccc21. The van der Waals surface area contributed by atoms with Gasteiger partial charge >= 0.3 is 0 Å². The minimum absolute atomic E-state index is 0.0317. The molecule has 5 nitrogen and oxygen atoms in total. The molecule has 1 saturated heterocycles. The van der Waals surface area contributed by atoms with Crippen molar-refractivity contribution in [2.75, 3.05) is 24.5 Å². The van der Waals surface area contributed by atoms with Crippen LogP contribution in [0.5, 0.6) is 0 Å². The number of carbonyl (C=O) groups excluding carboxylic acids is 3. The highest BCUT2D eigenvalue weighted by atomic mass is 19.1. The molecule has 1 aromatic carbocycles. The molecule has 0 atom stereocenters. The summed E-state index contributed by atoms with van der Waals surface area (Å²) in [6.45, 7) is 1.02. The summed E-state index contributed by atoms with van der Waals surface area (Å²) in [5, 5.41) is 0. The number of hydrogen-bond donors (Lipinski definition) is 0. The summed E-state index contributed by atoms with van der Waals surface area (Å²) < 4.78 is 13.8. The first-order chi connectivity index (χ1) is 9.59. The first kappa shape index (κ1) is 12.8. The monoisotopic (exact) mass is 276 g/mol. The maximum atomic E-state index is 13.8. The van der Waals surface area contributed by atoms with Crippen LogP contribution < -0.4 is 4.90 Å².